The van der Waals surface area contributed by atoms with Crippen molar-refractivity contribution in [3.8, 4) is 5.69 Å². The van der Waals surface area contributed by atoms with E-state index in [0.29, 0.717) is 10.3 Å². The van der Waals surface area contributed by atoms with E-state index >= 15 is 0 Å². The maximum Gasteiger partial charge on any atom is 0.182 e. The zero-order chi connectivity index (χ0) is 12.7. The zero-order valence-electron chi connectivity index (χ0n) is 9.77. The summed E-state index contributed by atoms with van der Waals surface area (Å²) in [6.45, 7) is 1.76. The molecule has 0 aliphatic heterocycles. The number of imidazole rings is 1. The molecule has 0 spiro atoms. The van der Waals surface area contributed by atoms with Crippen LogP contribution in [0.4, 0.5) is 4.39 Å². The number of H-pyrrole nitrogens is 1. The van der Waals surface area contributed by atoms with E-state index in [1.54, 1.807) is 13.0 Å². The lowest BCUT2D eigenvalue weighted by Crippen LogP contribution is -1.98. The lowest BCUT2D eigenvalue weighted by Gasteiger charge is -2.08. The number of nitrogens with one attached hydrogen (secondary N) is 1. The maximum atomic E-state index is 13.6. The molecule has 0 fully saturated rings. The summed E-state index contributed by atoms with van der Waals surface area (Å²) in [5, 5.41) is 0. The molecule has 4 heteroatoms. The van der Waals surface area contributed by atoms with Crippen LogP contribution >= 0.6 is 12.2 Å². The lowest BCUT2D eigenvalue weighted by atomic mass is 10.2. The van der Waals surface area contributed by atoms with E-state index in [0.717, 1.165) is 16.7 Å². The van der Waals surface area contributed by atoms with Crippen LogP contribution in [-0.2, 0) is 0 Å². The number of benzene rings is 2. The fraction of sp³-hybridized carbons (Fsp3) is 0.0714. The largest absolute Gasteiger partial charge is 0.330 e. The van der Waals surface area contributed by atoms with Crippen molar-refractivity contribution < 1.29 is 4.39 Å². The van der Waals surface area contributed by atoms with E-state index in [1.165, 1.54) is 6.07 Å². The van der Waals surface area contributed by atoms with Crippen molar-refractivity contribution in [1.29, 1.82) is 0 Å². The Morgan fingerprint density at radius 1 is 1.11 bits per heavy atom. The summed E-state index contributed by atoms with van der Waals surface area (Å²) in [6.07, 6.45) is 0. The van der Waals surface area contributed by atoms with Crippen molar-refractivity contribution in [2.24, 2.45) is 0 Å². The molecule has 18 heavy (non-hydrogen) atoms. The summed E-state index contributed by atoms with van der Waals surface area (Å²) in [5.41, 5.74) is 3.28. The third-order valence-electron chi connectivity index (χ3n) is 3.07. The third-order valence-corrected chi connectivity index (χ3v) is 3.35. The molecule has 0 aliphatic rings. The summed E-state index contributed by atoms with van der Waals surface area (Å²) in [6, 6.07) is 12.8. The van der Waals surface area contributed by atoms with Crippen molar-refractivity contribution in [3.05, 3.63) is 58.6 Å². The Morgan fingerprint density at radius 2 is 1.89 bits per heavy atom. The summed E-state index contributed by atoms with van der Waals surface area (Å²) in [7, 11) is 0. The minimum Gasteiger partial charge on any atom is -0.330 e. The molecule has 0 radical (unpaired) electrons. The molecule has 1 heterocycles. The molecule has 0 amide bonds. The zero-order valence-corrected chi connectivity index (χ0v) is 10.6. The molecule has 0 aliphatic carbocycles. The predicted octanol–water partition coefficient (Wildman–Crippen LogP) is 4.14. The average Bonchev–Trinajstić information content (AvgIpc) is 2.69. The monoisotopic (exact) mass is 258 g/mol. The van der Waals surface area contributed by atoms with Crippen LogP contribution in [0, 0.1) is 17.5 Å². The summed E-state index contributed by atoms with van der Waals surface area (Å²) >= 11 is 5.32. The van der Waals surface area contributed by atoms with Crippen LogP contribution in [0.5, 0.6) is 0 Å². The van der Waals surface area contributed by atoms with E-state index in [1.807, 2.05) is 34.9 Å². The first-order chi connectivity index (χ1) is 8.68. The Hall–Kier alpha value is -1.94. The number of para-hydroxylation sites is 2. The molecule has 0 unspecified atom stereocenters. The van der Waals surface area contributed by atoms with Gasteiger partial charge in [0.25, 0.3) is 0 Å². The standard InChI is InChI=1S/C14H11FN2S/c1-9-10(15)5-4-8-12(9)17-13-7-3-2-6-11(13)16-14(17)18/h2-8H,1H3,(H,16,18). The van der Waals surface area contributed by atoms with Gasteiger partial charge in [-0.15, -0.1) is 0 Å². The molecule has 2 nitrogen and oxygen atoms in total. The van der Waals surface area contributed by atoms with Gasteiger partial charge in [-0.2, -0.15) is 0 Å². The van der Waals surface area contributed by atoms with Crippen molar-refractivity contribution >= 4 is 23.3 Å². The smallest absolute Gasteiger partial charge is 0.182 e. The minimum absolute atomic E-state index is 0.223. The highest BCUT2D eigenvalue weighted by molar-refractivity contribution is 7.71. The van der Waals surface area contributed by atoms with Crippen LogP contribution in [0.15, 0.2) is 42.5 Å². The molecule has 0 saturated heterocycles. The van der Waals surface area contributed by atoms with Crippen LogP contribution in [0.1, 0.15) is 5.56 Å². The van der Waals surface area contributed by atoms with Gasteiger partial charge in [0.15, 0.2) is 4.77 Å². The first-order valence-corrected chi connectivity index (χ1v) is 6.04. The van der Waals surface area contributed by atoms with Crippen molar-refractivity contribution in [2.75, 3.05) is 0 Å². The van der Waals surface area contributed by atoms with Crippen LogP contribution in [0.25, 0.3) is 16.7 Å². The van der Waals surface area contributed by atoms with Crippen molar-refractivity contribution in [2.45, 2.75) is 6.92 Å². The molecular formula is C14H11FN2S. The van der Waals surface area contributed by atoms with Gasteiger partial charge in [-0.1, -0.05) is 18.2 Å². The molecule has 0 bridgehead atoms. The first kappa shape index (κ1) is 11.2. The predicted molar refractivity (Wildman–Crippen MR) is 73.2 cm³/mol. The second-order valence-electron chi connectivity index (χ2n) is 4.17. The fourth-order valence-electron chi connectivity index (χ4n) is 2.13. The Morgan fingerprint density at radius 3 is 2.72 bits per heavy atom. The SMILES string of the molecule is Cc1c(F)cccc1-n1c(=S)[nH]c2ccccc21. The van der Waals surface area contributed by atoms with E-state index < -0.39 is 0 Å². The van der Waals surface area contributed by atoms with Gasteiger partial charge in [0, 0.05) is 5.56 Å². The molecular weight excluding hydrogens is 247 g/mol. The van der Waals surface area contributed by atoms with E-state index in [9.17, 15) is 4.39 Å². The quantitative estimate of drug-likeness (QED) is 0.651. The third kappa shape index (κ3) is 1.57. The Kier molecular flexibility index (Phi) is 2.52. The highest BCUT2D eigenvalue weighted by Crippen LogP contribution is 2.23. The Balaban J connectivity index is 2.42. The second-order valence-corrected chi connectivity index (χ2v) is 4.55. The number of aromatic amines is 1. The van der Waals surface area contributed by atoms with E-state index in [2.05, 4.69) is 4.98 Å². The van der Waals surface area contributed by atoms with Crippen molar-refractivity contribution in [1.82, 2.24) is 9.55 Å². The highest BCUT2D eigenvalue weighted by Gasteiger charge is 2.10. The number of rotatable bonds is 1. The van der Waals surface area contributed by atoms with E-state index in [-0.39, 0.29) is 5.82 Å². The molecule has 90 valence electrons. The molecule has 1 N–H and O–H groups in total. The minimum atomic E-state index is -0.223. The molecule has 0 saturated carbocycles. The number of fused-ring (bicyclic) bond motifs is 1. The number of halogens is 1. The number of hydrogen-bond donors (Lipinski definition) is 1. The Bertz CT molecular complexity index is 786. The number of nitrogens with zero attached hydrogens (tertiary/aromatic N) is 1. The summed E-state index contributed by atoms with van der Waals surface area (Å²) < 4.78 is 16.1. The molecule has 1 aromatic heterocycles. The molecule has 3 aromatic rings. The maximum absolute atomic E-state index is 13.6. The van der Waals surface area contributed by atoms with Crippen LogP contribution < -0.4 is 0 Å². The second kappa shape index (κ2) is 4.07. The lowest BCUT2D eigenvalue weighted by molar-refractivity contribution is 0.617. The highest BCUT2D eigenvalue weighted by atomic mass is 32.1. The summed E-state index contributed by atoms with van der Waals surface area (Å²) in [5.74, 6) is -0.223. The van der Waals surface area contributed by atoms with Crippen LogP contribution in [0.3, 0.4) is 0 Å². The first-order valence-electron chi connectivity index (χ1n) is 5.64. The number of hydrogen-bond acceptors (Lipinski definition) is 1. The molecule has 3 rings (SSSR count). The Labute approximate surface area is 109 Å². The van der Waals surface area contributed by atoms with Gasteiger partial charge >= 0.3 is 0 Å². The van der Waals surface area contributed by atoms with Crippen molar-refractivity contribution in [3.63, 3.8) is 0 Å². The van der Waals surface area contributed by atoms with Gasteiger partial charge in [0.2, 0.25) is 0 Å². The van der Waals surface area contributed by atoms with Gasteiger partial charge in [0.05, 0.1) is 16.7 Å². The topological polar surface area (TPSA) is 20.7 Å². The van der Waals surface area contributed by atoms with Gasteiger partial charge in [-0.05, 0) is 43.4 Å². The van der Waals surface area contributed by atoms with Crippen LogP contribution in [0.2, 0.25) is 0 Å². The number of aromatic nitrogens is 2. The fourth-order valence-corrected chi connectivity index (χ4v) is 2.44. The van der Waals surface area contributed by atoms with Crippen LogP contribution in [-0.4, -0.2) is 9.55 Å². The normalized spacial score (nSPS) is 11.0. The van der Waals surface area contributed by atoms with Gasteiger partial charge in [-0.25, -0.2) is 4.39 Å². The molecule has 0 atom stereocenters. The van der Waals surface area contributed by atoms with E-state index in [4.69, 9.17) is 12.2 Å². The van der Waals surface area contributed by atoms with Gasteiger partial charge < -0.3 is 4.98 Å². The van der Waals surface area contributed by atoms with Gasteiger partial charge in [0.1, 0.15) is 5.82 Å². The molecule has 2 aromatic carbocycles. The summed E-state index contributed by atoms with van der Waals surface area (Å²) in [4.78, 5) is 3.13. The average molecular weight is 258 g/mol. The van der Waals surface area contributed by atoms with Gasteiger partial charge in [-0.3, -0.25) is 4.57 Å².